The van der Waals surface area contributed by atoms with E-state index in [1.54, 1.807) is 6.07 Å². The Morgan fingerprint density at radius 3 is 1.93 bits per heavy atom. The standard InChI is InChI=1S/C18H8F8N4/c19-12-9(13(20)15(22)16(23)14(12)21)7-27-30-11-6-10(18(24,25)26)28-17(29-11)8-4-2-1-3-5-8/h1-7H,(H,28,29,30). The van der Waals surface area contributed by atoms with E-state index >= 15 is 0 Å². The summed E-state index contributed by atoms with van der Waals surface area (Å²) in [6.07, 6.45) is -4.62. The quantitative estimate of drug-likeness (QED) is 0.200. The minimum absolute atomic E-state index is 0.230. The van der Waals surface area contributed by atoms with Gasteiger partial charge >= 0.3 is 6.18 Å². The minimum atomic E-state index is -4.85. The van der Waals surface area contributed by atoms with Crippen molar-refractivity contribution in [2.75, 3.05) is 5.43 Å². The van der Waals surface area contributed by atoms with Gasteiger partial charge in [0.1, 0.15) is 0 Å². The lowest BCUT2D eigenvalue weighted by atomic mass is 10.2. The number of rotatable bonds is 4. The summed E-state index contributed by atoms with van der Waals surface area (Å²) in [6, 6.07) is 8.03. The Morgan fingerprint density at radius 2 is 1.37 bits per heavy atom. The Morgan fingerprint density at radius 1 is 0.800 bits per heavy atom. The van der Waals surface area contributed by atoms with Gasteiger partial charge in [0.15, 0.2) is 40.6 Å². The molecule has 2 aromatic carbocycles. The highest BCUT2D eigenvalue weighted by Gasteiger charge is 2.34. The van der Waals surface area contributed by atoms with Crippen molar-refractivity contribution in [2.24, 2.45) is 5.10 Å². The third-order valence-electron chi connectivity index (χ3n) is 3.67. The second kappa shape index (κ2) is 8.05. The van der Waals surface area contributed by atoms with E-state index in [0.717, 1.165) is 0 Å². The lowest BCUT2D eigenvalue weighted by Crippen LogP contribution is -2.11. The maximum Gasteiger partial charge on any atom is 0.433 e. The predicted molar refractivity (Wildman–Crippen MR) is 89.9 cm³/mol. The zero-order valence-corrected chi connectivity index (χ0v) is 14.4. The van der Waals surface area contributed by atoms with Gasteiger partial charge in [0.05, 0.1) is 11.8 Å². The van der Waals surface area contributed by atoms with E-state index in [0.29, 0.717) is 6.07 Å². The number of aromatic nitrogens is 2. The molecule has 156 valence electrons. The number of anilines is 1. The number of nitrogens with zero attached hydrogens (tertiary/aromatic N) is 3. The van der Waals surface area contributed by atoms with Crippen LogP contribution in [-0.4, -0.2) is 16.2 Å². The molecule has 0 spiro atoms. The van der Waals surface area contributed by atoms with Gasteiger partial charge in [0.2, 0.25) is 5.82 Å². The first-order valence-electron chi connectivity index (χ1n) is 7.91. The van der Waals surface area contributed by atoms with Crippen LogP contribution in [0.1, 0.15) is 11.3 Å². The molecule has 1 aromatic heterocycles. The Hall–Kier alpha value is -3.57. The van der Waals surface area contributed by atoms with Gasteiger partial charge in [-0.1, -0.05) is 30.3 Å². The fourth-order valence-corrected chi connectivity index (χ4v) is 2.26. The topological polar surface area (TPSA) is 50.2 Å². The Kier molecular flexibility index (Phi) is 5.67. The number of hydrazone groups is 1. The van der Waals surface area contributed by atoms with Crippen LogP contribution in [-0.2, 0) is 6.18 Å². The predicted octanol–water partition coefficient (Wildman–Crippen LogP) is 5.30. The lowest BCUT2D eigenvalue weighted by molar-refractivity contribution is -0.141. The van der Waals surface area contributed by atoms with Crippen molar-refractivity contribution in [1.29, 1.82) is 0 Å². The molecule has 0 aliphatic carbocycles. The summed E-state index contributed by atoms with van der Waals surface area (Å²) in [6.45, 7) is 0. The molecular weight excluding hydrogens is 424 g/mol. The summed E-state index contributed by atoms with van der Waals surface area (Å²) in [4.78, 5) is 7.22. The van der Waals surface area contributed by atoms with Gasteiger partial charge in [0, 0.05) is 11.6 Å². The molecule has 0 unspecified atom stereocenters. The van der Waals surface area contributed by atoms with Crippen molar-refractivity contribution < 1.29 is 35.1 Å². The molecule has 0 radical (unpaired) electrons. The molecule has 0 saturated heterocycles. The highest BCUT2D eigenvalue weighted by atomic mass is 19.4. The smallest absolute Gasteiger partial charge is 0.261 e. The lowest BCUT2D eigenvalue weighted by Gasteiger charge is -2.10. The molecule has 12 heteroatoms. The number of halogens is 8. The molecule has 0 atom stereocenters. The molecule has 0 amide bonds. The highest BCUT2D eigenvalue weighted by molar-refractivity contribution is 5.81. The van der Waals surface area contributed by atoms with Crippen molar-refractivity contribution in [3.05, 3.63) is 76.7 Å². The Bertz CT molecular complexity index is 1080. The minimum Gasteiger partial charge on any atom is -0.261 e. The van der Waals surface area contributed by atoms with Crippen LogP contribution in [0.25, 0.3) is 11.4 Å². The van der Waals surface area contributed by atoms with Crippen LogP contribution in [0, 0.1) is 29.1 Å². The molecule has 1 heterocycles. The van der Waals surface area contributed by atoms with Gasteiger partial charge in [-0.05, 0) is 0 Å². The number of alkyl halides is 3. The van der Waals surface area contributed by atoms with Gasteiger partial charge in [-0.25, -0.2) is 31.9 Å². The molecule has 0 aliphatic heterocycles. The first kappa shape index (κ1) is 21.1. The molecule has 30 heavy (non-hydrogen) atoms. The van der Waals surface area contributed by atoms with Crippen molar-refractivity contribution in [2.45, 2.75) is 6.18 Å². The number of benzene rings is 2. The van der Waals surface area contributed by atoms with Crippen LogP contribution in [0.3, 0.4) is 0 Å². The molecular formula is C18H8F8N4. The third kappa shape index (κ3) is 4.21. The van der Waals surface area contributed by atoms with E-state index in [2.05, 4.69) is 15.1 Å². The Balaban J connectivity index is 1.98. The van der Waals surface area contributed by atoms with Crippen LogP contribution < -0.4 is 5.43 Å². The van der Waals surface area contributed by atoms with Gasteiger partial charge in [-0.2, -0.15) is 18.3 Å². The molecule has 1 N–H and O–H groups in total. The third-order valence-corrected chi connectivity index (χ3v) is 3.67. The van der Waals surface area contributed by atoms with E-state index in [1.165, 1.54) is 24.3 Å². The van der Waals surface area contributed by atoms with Crippen molar-refractivity contribution in [3.63, 3.8) is 0 Å². The van der Waals surface area contributed by atoms with Crippen LogP contribution in [0.2, 0.25) is 0 Å². The van der Waals surface area contributed by atoms with E-state index < -0.39 is 52.3 Å². The van der Waals surface area contributed by atoms with E-state index in [4.69, 9.17) is 0 Å². The molecule has 0 fully saturated rings. The highest BCUT2D eigenvalue weighted by Crippen LogP contribution is 2.30. The summed E-state index contributed by atoms with van der Waals surface area (Å²) in [5, 5.41) is 3.23. The second-order valence-corrected chi connectivity index (χ2v) is 5.68. The maximum atomic E-state index is 13.6. The number of hydrogen-bond donors (Lipinski definition) is 1. The van der Waals surface area contributed by atoms with Crippen LogP contribution in [0.15, 0.2) is 41.5 Å². The Labute approximate surface area is 162 Å². The molecule has 4 nitrogen and oxygen atoms in total. The van der Waals surface area contributed by atoms with Crippen LogP contribution in [0.5, 0.6) is 0 Å². The molecule has 0 bridgehead atoms. The number of nitrogens with one attached hydrogen (secondary N) is 1. The summed E-state index contributed by atoms with van der Waals surface area (Å²) < 4.78 is 106. The molecule has 3 rings (SSSR count). The summed E-state index contributed by atoms with van der Waals surface area (Å²) in [5.74, 6) is -11.9. The monoisotopic (exact) mass is 432 g/mol. The zero-order chi connectivity index (χ0) is 22.1. The van der Waals surface area contributed by atoms with Gasteiger partial charge < -0.3 is 0 Å². The fraction of sp³-hybridized carbons (Fsp3) is 0.0556. The zero-order valence-electron chi connectivity index (χ0n) is 14.4. The van der Waals surface area contributed by atoms with E-state index in [-0.39, 0.29) is 17.6 Å². The first-order chi connectivity index (χ1) is 14.1. The van der Waals surface area contributed by atoms with Crippen molar-refractivity contribution >= 4 is 12.0 Å². The maximum absolute atomic E-state index is 13.6. The van der Waals surface area contributed by atoms with E-state index in [1.807, 2.05) is 5.43 Å². The fourth-order valence-electron chi connectivity index (χ4n) is 2.26. The number of hydrogen-bond acceptors (Lipinski definition) is 4. The van der Waals surface area contributed by atoms with E-state index in [9.17, 15) is 35.1 Å². The van der Waals surface area contributed by atoms with Crippen molar-refractivity contribution in [3.8, 4) is 11.4 Å². The average molecular weight is 432 g/mol. The second-order valence-electron chi connectivity index (χ2n) is 5.68. The van der Waals surface area contributed by atoms with Gasteiger partial charge in [-0.3, -0.25) is 5.43 Å². The SMILES string of the molecule is Fc1c(F)c(F)c(C=NNc2cc(C(F)(F)F)nc(-c3ccccc3)n2)c(F)c1F. The van der Waals surface area contributed by atoms with Gasteiger partial charge in [-0.15, -0.1) is 0 Å². The molecule has 0 aliphatic rings. The van der Waals surface area contributed by atoms with Crippen LogP contribution in [0.4, 0.5) is 40.9 Å². The van der Waals surface area contributed by atoms with Crippen molar-refractivity contribution in [1.82, 2.24) is 9.97 Å². The summed E-state index contributed by atoms with van der Waals surface area (Å²) in [7, 11) is 0. The first-order valence-corrected chi connectivity index (χ1v) is 7.91. The van der Waals surface area contributed by atoms with Gasteiger partial charge in [0.25, 0.3) is 0 Å². The average Bonchev–Trinajstić information content (AvgIpc) is 2.73. The molecule has 0 saturated carbocycles. The molecule has 3 aromatic rings. The normalized spacial score (nSPS) is 11.9. The summed E-state index contributed by atoms with van der Waals surface area (Å²) in [5.41, 5.74) is -0.523. The van der Waals surface area contributed by atoms with Crippen LogP contribution >= 0.6 is 0 Å². The largest absolute Gasteiger partial charge is 0.433 e. The summed E-state index contributed by atoms with van der Waals surface area (Å²) >= 11 is 0.